The zero-order chi connectivity index (χ0) is 15.4. The zero-order valence-corrected chi connectivity index (χ0v) is 11.8. The second-order valence-electron chi connectivity index (χ2n) is 4.60. The standard InChI is InChI=1S/C17H14N4O/c18-16(22)14-9-4-5-10-15(14)21(13-7-2-1-3-8-13)17-19-11-6-12-20-17/h1-12H,(H2,18,22). The highest BCUT2D eigenvalue weighted by Crippen LogP contribution is 2.33. The molecule has 0 saturated carbocycles. The van der Waals surface area contributed by atoms with Crippen LogP contribution in [-0.4, -0.2) is 15.9 Å². The normalized spacial score (nSPS) is 10.2. The van der Waals surface area contributed by atoms with E-state index in [2.05, 4.69) is 9.97 Å². The number of hydrogen-bond acceptors (Lipinski definition) is 4. The lowest BCUT2D eigenvalue weighted by molar-refractivity contribution is 0.100. The first kappa shape index (κ1) is 13.8. The maximum atomic E-state index is 11.7. The number of primary amides is 1. The maximum Gasteiger partial charge on any atom is 0.250 e. The van der Waals surface area contributed by atoms with Crippen LogP contribution in [0.2, 0.25) is 0 Å². The lowest BCUT2D eigenvalue weighted by atomic mass is 10.1. The minimum atomic E-state index is -0.493. The van der Waals surface area contributed by atoms with Crippen LogP contribution in [0.25, 0.3) is 0 Å². The second kappa shape index (κ2) is 6.05. The van der Waals surface area contributed by atoms with Crippen molar-refractivity contribution >= 4 is 23.2 Å². The van der Waals surface area contributed by atoms with E-state index in [1.807, 2.05) is 42.5 Å². The molecule has 5 heteroatoms. The summed E-state index contributed by atoms with van der Waals surface area (Å²) >= 11 is 0. The molecule has 0 atom stereocenters. The van der Waals surface area contributed by atoms with Crippen molar-refractivity contribution in [1.29, 1.82) is 0 Å². The van der Waals surface area contributed by atoms with Crippen LogP contribution in [0.1, 0.15) is 10.4 Å². The molecule has 1 aromatic heterocycles. The molecule has 0 fully saturated rings. The lowest BCUT2D eigenvalue weighted by Gasteiger charge is -2.24. The molecule has 3 rings (SSSR count). The molecule has 1 amide bonds. The van der Waals surface area contributed by atoms with E-state index < -0.39 is 5.91 Å². The predicted molar refractivity (Wildman–Crippen MR) is 85.2 cm³/mol. The monoisotopic (exact) mass is 290 g/mol. The summed E-state index contributed by atoms with van der Waals surface area (Å²) in [6.45, 7) is 0. The molecule has 108 valence electrons. The largest absolute Gasteiger partial charge is 0.366 e. The number of nitrogens with zero attached hydrogens (tertiary/aromatic N) is 3. The van der Waals surface area contributed by atoms with E-state index in [0.29, 0.717) is 17.2 Å². The SMILES string of the molecule is NC(=O)c1ccccc1N(c1ccccc1)c1ncccn1. The summed E-state index contributed by atoms with van der Waals surface area (Å²) in [6.07, 6.45) is 3.32. The topological polar surface area (TPSA) is 72.1 Å². The number of carbonyl (C=O) groups is 1. The second-order valence-corrected chi connectivity index (χ2v) is 4.60. The Labute approximate surface area is 128 Å². The Morgan fingerprint density at radius 3 is 2.18 bits per heavy atom. The van der Waals surface area contributed by atoms with Gasteiger partial charge in [-0.1, -0.05) is 30.3 Å². The van der Waals surface area contributed by atoms with E-state index in [-0.39, 0.29) is 0 Å². The van der Waals surface area contributed by atoms with Crippen LogP contribution in [0.15, 0.2) is 73.1 Å². The Hall–Kier alpha value is -3.21. The van der Waals surface area contributed by atoms with Gasteiger partial charge in [0.25, 0.3) is 5.91 Å². The van der Waals surface area contributed by atoms with Crippen molar-refractivity contribution < 1.29 is 4.79 Å². The van der Waals surface area contributed by atoms with Crippen LogP contribution < -0.4 is 10.6 Å². The molecular weight excluding hydrogens is 276 g/mol. The van der Waals surface area contributed by atoms with Gasteiger partial charge in [-0.05, 0) is 30.3 Å². The van der Waals surface area contributed by atoms with E-state index >= 15 is 0 Å². The first-order chi connectivity index (χ1) is 10.8. The van der Waals surface area contributed by atoms with Crippen molar-refractivity contribution in [2.24, 2.45) is 5.73 Å². The molecule has 0 aliphatic carbocycles. The first-order valence-electron chi connectivity index (χ1n) is 6.78. The van der Waals surface area contributed by atoms with Crippen LogP contribution >= 0.6 is 0 Å². The van der Waals surface area contributed by atoms with Crippen molar-refractivity contribution in [2.75, 3.05) is 4.90 Å². The molecule has 0 spiro atoms. The minimum absolute atomic E-state index is 0.416. The maximum absolute atomic E-state index is 11.7. The Kier molecular flexibility index (Phi) is 3.78. The first-order valence-corrected chi connectivity index (χ1v) is 6.78. The summed E-state index contributed by atoms with van der Waals surface area (Å²) < 4.78 is 0. The third-order valence-corrected chi connectivity index (χ3v) is 3.18. The molecule has 22 heavy (non-hydrogen) atoms. The fourth-order valence-electron chi connectivity index (χ4n) is 2.22. The van der Waals surface area contributed by atoms with Crippen molar-refractivity contribution in [2.45, 2.75) is 0 Å². The van der Waals surface area contributed by atoms with Gasteiger partial charge in [0.1, 0.15) is 0 Å². The molecule has 2 aromatic carbocycles. The highest BCUT2D eigenvalue weighted by molar-refractivity contribution is 6.00. The summed E-state index contributed by atoms with van der Waals surface area (Å²) in [7, 11) is 0. The molecule has 0 saturated heterocycles. The van der Waals surface area contributed by atoms with Crippen molar-refractivity contribution in [3.63, 3.8) is 0 Å². The molecule has 3 aromatic rings. The third kappa shape index (κ3) is 2.64. The molecule has 2 N–H and O–H groups in total. The van der Waals surface area contributed by atoms with Gasteiger partial charge in [-0.15, -0.1) is 0 Å². The Bertz CT molecular complexity index is 735. The molecule has 0 aliphatic rings. The van der Waals surface area contributed by atoms with Gasteiger partial charge >= 0.3 is 0 Å². The predicted octanol–water partition coefficient (Wildman–Crippen LogP) is 3.05. The average Bonchev–Trinajstić information content (AvgIpc) is 2.57. The number of carbonyl (C=O) groups excluding carboxylic acids is 1. The Morgan fingerprint density at radius 1 is 0.864 bits per heavy atom. The number of rotatable bonds is 4. The van der Waals surface area contributed by atoms with E-state index in [1.54, 1.807) is 35.5 Å². The Morgan fingerprint density at radius 2 is 1.50 bits per heavy atom. The smallest absolute Gasteiger partial charge is 0.250 e. The summed E-state index contributed by atoms with van der Waals surface area (Å²) in [4.78, 5) is 22.1. The van der Waals surface area contributed by atoms with E-state index in [4.69, 9.17) is 5.73 Å². The minimum Gasteiger partial charge on any atom is -0.366 e. The van der Waals surface area contributed by atoms with Gasteiger partial charge in [0.05, 0.1) is 11.3 Å². The zero-order valence-electron chi connectivity index (χ0n) is 11.8. The third-order valence-electron chi connectivity index (χ3n) is 3.18. The number of para-hydroxylation sites is 2. The van der Waals surface area contributed by atoms with Gasteiger partial charge in [0, 0.05) is 18.1 Å². The van der Waals surface area contributed by atoms with Gasteiger partial charge in [-0.25, -0.2) is 9.97 Å². The van der Waals surface area contributed by atoms with E-state index in [1.165, 1.54) is 0 Å². The van der Waals surface area contributed by atoms with Gasteiger partial charge in [-0.3, -0.25) is 9.69 Å². The molecule has 0 unspecified atom stereocenters. The molecule has 0 bridgehead atoms. The van der Waals surface area contributed by atoms with Crippen molar-refractivity contribution in [1.82, 2.24) is 9.97 Å². The lowest BCUT2D eigenvalue weighted by Crippen LogP contribution is -2.19. The summed E-state index contributed by atoms with van der Waals surface area (Å²) in [6, 6.07) is 18.5. The van der Waals surface area contributed by atoms with Crippen molar-refractivity contribution in [3.8, 4) is 0 Å². The van der Waals surface area contributed by atoms with Crippen molar-refractivity contribution in [3.05, 3.63) is 78.6 Å². The number of amides is 1. The van der Waals surface area contributed by atoms with Crippen LogP contribution in [0.3, 0.4) is 0 Å². The fraction of sp³-hybridized carbons (Fsp3) is 0. The Balaban J connectivity index is 2.21. The number of anilines is 3. The average molecular weight is 290 g/mol. The number of hydrogen-bond donors (Lipinski definition) is 1. The van der Waals surface area contributed by atoms with Crippen LogP contribution in [0.4, 0.5) is 17.3 Å². The van der Waals surface area contributed by atoms with Crippen LogP contribution in [0.5, 0.6) is 0 Å². The highest BCUT2D eigenvalue weighted by Gasteiger charge is 2.19. The summed E-state index contributed by atoms with van der Waals surface area (Å²) in [5.41, 5.74) is 7.41. The highest BCUT2D eigenvalue weighted by atomic mass is 16.1. The molecular formula is C17H14N4O. The quantitative estimate of drug-likeness (QED) is 0.801. The number of benzene rings is 2. The van der Waals surface area contributed by atoms with Gasteiger partial charge < -0.3 is 5.73 Å². The van der Waals surface area contributed by atoms with E-state index in [0.717, 1.165) is 5.69 Å². The van der Waals surface area contributed by atoms with Gasteiger partial charge in [-0.2, -0.15) is 0 Å². The molecule has 0 radical (unpaired) electrons. The molecule has 1 heterocycles. The van der Waals surface area contributed by atoms with Crippen LogP contribution in [-0.2, 0) is 0 Å². The fourth-order valence-corrected chi connectivity index (χ4v) is 2.22. The van der Waals surface area contributed by atoms with Gasteiger partial charge in [0.2, 0.25) is 5.95 Å². The van der Waals surface area contributed by atoms with Crippen LogP contribution in [0, 0.1) is 0 Å². The number of nitrogens with two attached hydrogens (primary N) is 1. The summed E-state index contributed by atoms with van der Waals surface area (Å²) in [5, 5.41) is 0. The molecule has 0 aliphatic heterocycles. The van der Waals surface area contributed by atoms with Gasteiger partial charge in [0.15, 0.2) is 0 Å². The summed E-state index contributed by atoms with van der Waals surface area (Å²) in [5.74, 6) is -0.0186. The van der Waals surface area contributed by atoms with E-state index in [9.17, 15) is 4.79 Å². The number of aromatic nitrogens is 2. The molecule has 5 nitrogen and oxygen atoms in total.